The van der Waals surface area contributed by atoms with Gasteiger partial charge in [-0.25, -0.2) is 14.2 Å². The smallest absolute Gasteiger partial charge is 0.409 e. The number of carbonyl (C=O) groups is 1. The first-order chi connectivity index (χ1) is 12.0. The van der Waals surface area contributed by atoms with Crippen molar-refractivity contribution < 1.29 is 13.9 Å². The molecule has 0 fully saturated rings. The average Bonchev–Trinajstić information content (AvgIpc) is 2.94. The van der Waals surface area contributed by atoms with Crippen LogP contribution in [0.25, 0.3) is 11.0 Å². The van der Waals surface area contributed by atoms with Crippen molar-refractivity contribution in [1.29, 1.82) is 0 Å². The number of aromatic nitrogens is 2. The molecule has 5 nitrogen and oxygen atoms in total. The van der Waals surface area contributed by atoms with Gasteiger partial charge >= 0.3 is 6.09 Å². The number of fused-ring (bicyclic) bond motifs is 1. The Labute approximate surface area is 149 Å². The van der Waals surface area contributed by atoms with Gasteiger partial charge in [-0.3, -0.25) is 0 Å². The van der Waals surface area contributed by atoms with Crippen LogP contribution in [0.4, 0.5) is 9.18 Å². The zero-order valence-corrected chi connectivity index (χ0v) is 14.6. The summed E-state index contributed by atoms with van der Waals surface area (Å²) < 4.78 is 20.8. The number of ether oxygens (including phenoxy) is 1. The monoisotopic (exact) mass is 361 g/mol. The summed E-state index contributed by atoms with van der Waals surface area (Å²) in [5, 5.41) is 0.352. The summed E-state index contributed by atoms with van der Waals surface area (Å²) in [5.41, 5.74) is 1.99. The molecular weight excluding hydrogens is 345 g/mol. The lowest BCUT2D eigenvalue weighted by Gasteiger charge is -2.17. The number of rotatable bonds is 4. The van der Waals surface area contributed by atoms with Crippen LogP contribution >= 0.6 is 11.6 Å². The fraction of sp³-hybridized carbons (Fsp3) is 0.222. The molecule has 1 amide bonds. The summed E-state index contributed by atoms with van der Waals surface area (Å²) in [5.74, 6) is 0.242. The fourth-order valence-electron chi connectivity index (χ4n) is 2.70. The highest BCUT2D eigenvalue weighted by Gasteiger charge is 2.18. The van der Waals surface area contributed by atoms with Crippen molar-refractivity contribution in [2.75, 3.05) is 14.2 Å². The van der Waals surface area contributed by atoms with E-state index < -0.39 is 6.09 Å². The van der Waals surface area contributed by atoms with E-state index in [1.807, 2.05) is 28.8 Å². The van der Waals surface area contributed by atoms with Crippen molar-refractivity contribution in [3.63, 3.8) is 0 Å². The SMILES string of the molecule is COC(=O)N(C)Cc1nc2ccccc2n1Cc1c(F)cccc1Cl. The van der Waals surface area contributed by atoms with E-state index in [0.29, 0.717) is 16.4 Å². The third-order valence-corrected chi connectivity index (χ3v) is 4.33. The molecular formula is C18H17ClFN3O2. The first-order valence-corrected chi connectivity index (χ1v) is 8.05. The normalized spacial score (nSPS) is 10.9. The van der Waals surface area contributed by atoms with Crippen LogP contribution in [0.15, 0.2) is 42.5 Å². The molecule has 1 aromatic heterocycles. The van der Waals surface area contributed by atoms with Crippen LogP contribution in [0.2, 0.25) is 5.02 Å². The number of carbonyl (C=O) groups excluding carboxylic acids is 1. The number of imidazole rings is 1. The molecule has 0 saturated carbocycles. The second-order valence-corrected chi connectivity index (χ2v) is 6.04. The Kier molecular flexibility index (Phi) is 4.90. The minimum atomic E-state index is -0.470. The lowest BCUT2D eigenvalue weighted by molar-refractivity contribution is 0.130. The van der Waals surface area contributed by atoms with Gasteiger partial charge in [0.1, 0.15) is 11.6 Å². The molecule has 0 aliphatic heterocycles. The van der Waals surface area contributed by atoms with E-state index in [-0.39, 0.29) is 18.9 Å². The maximum atomic E-state index is 14.2. The second kappa shape index (κ2) is 7.11. The summed E-state index contributed by atoms with van der Waals surface area (Å²) in [7, 11) is 2.94. The molecule has 0 unspecified atom stereocenters. The van der Waals surface area contributed by atoms with Gasteiger partial charge in [0.25, 0.3) is 0 Å². The number of methoxy groups -OCH3 is 1. The summed E-state index contributed by atoms with van der Waals surface area (Å²) in [6.45, 7) is 0.448. The Hall–Kier alpha value is -2.60. The molecule has 7 heteroatoms. The number of hydrogen-bond acceptors (Lipinski definition) is 3. The van der Waals surface area contributed by atoms with Crippen LogP contribution in [0, 0.1) is 5.82 Å². The molecule has 0 aliphatic carbocycles. The van der Waals surface area contributed by atoms with Crippen molar-refractivity contribution in [3.8, 4) is 0 Å². The molecule has 3 aromatic rings. The second-order valence-electron chi connectivity index (χ2n) is 5.63. The molecule has 1 heterocycles. The third-order valence-electron chi connectivity index (χ3n) is 3.98. The van der Waals surface area contributed by atoms with Gasteiger partial charge in [-0.1, -0.05) is 29.8 Å². The first kappa shape index (κ1) is 17.2. The van der Waals surface area contributed by atoms with Crippen LogP contribution in [-0.4, -0.2) is 34.7 Å². The van der Waals surface area contributed by atoms with Crippen molar-refractivity contribution in [2.45, 2.75) is 13.1 Å². The van der Waals surface area contributed by atoms with Gasteiger partial charge in [-0.15, -0.1) is 0 Å². The first-order valence-electron chi connectivity index (χ1n) is 7.67. The Balaban J connectivity index is 2.06. The maximum absolute atomic E-state index is 14.2. The number of hydrogen-bond donors (Lipinski definition) is 0. The third kappa shape index (κ3) is 3.44. The highest BCUT2D eigenvalue weighted by molar-refractivity contribution is 6.31. The predicted octanol–water partition coefficient (Wildman–Crippen LogP) is 4.08. The van der Waals surface area contributed by atoms with E-state index in [0.717, 1.165) is 11.0 Å². The van der Waals surface area contributed by atoms with Gasteiger partial charge in [0.15, 0.2) is 0 Å². The molecule has 0 saturated heterocycles. The Bertz CT molecular complexity index is 906. The number of para-hydroxylation sites is 2. The minimum absolute atomic E-state index is 0.219. The molecule has 0 bridgehead atoms. The fourth-order valence-corrected chi connectivity index (χ4v) is 2.92. The van der Waals surface area contributed by atoms with Crippen LogP contribution in [-0.2, 0) is 17.8 Å². The molecule has 0 N–H and O–H groups in total. The van der Waals surface area contributed by atoms with Crippen molar-refractivity contribution in [3.05, 3.63) is 64.7 Å². The van der Waals surface area contributed by atoms with Crippen molar-refractivity contribution >= 4 is 28.7 Å². The Morgan fingerprint density at radius 2 is 2.04 bits per heavy atom. The summed E-state index contributed by atoms with van der Waals surface area (Å²) in [6, 6.07) is 12.1. The summed E-state index contributed by atoms with van der Waals surface area (Å²) in [4.78, 5) is 17.7. The van der Waals surface area contributed by atoms with E-state index in [4.69, 9.17) is 16.3 Å². The van der Waals surface area contributed by atoms with E-state index in [1.165, 1.54) is 18.1 Å². The number of halogens is 2. The zero-order chi connectivity index (χ0) is 18.0. The number of nitrogens with zero attached hydrogens (tertiary/aromatic N) is 3. The summed E-state index contributed by atoms with van der Waals surface area (Å²) >= 11 is 6.17. The van der Waals surface area contributed by atoms with E-state index in [1.54, 1.807) is 19.2 Å². The zero-order valence-electron chi connectivity index (χ0n) is 13.9. The molecule has 25 heavy (non-hydrogen) atoms. The van der Waals surface area contributed by atoms with Crippen LogP contribution < -0.4 is 0 Å². The molecule has 0 spiro atoms. The topological polar surface area (TPSA) is 47.4 Å². The summed E-state index contributed by atoms with van der Waals surface area (Å²) in [6.07, 6.45) is -0.470. The number of amides is 1. The van der Waals surface area contributed by atoms with E-state index in [9.17, 15) is 9.18 Å². The van der Waals surface area contributed by atoms with E-state index >= 15 is 0 Å². The quantitative estimate of drug-likeness (QED) is 0.703. The molecule has 130 valence electrons. The van der Waals surface area contributed by atoms with Gasteiger partial charge in [0.05, 0.1) is 31.2 Å². The molecule has 2 aromatic carbocycles. The van der Waals surface area contributed by atoms with Crippen molar-refractivity contribution in [2.24, 2.45) is 0 Å². The minimum Gasteiger partial charge on any atom is -0.453 e. The highest BCUT2D eigenvalue weighted by Crippen LogP contribution is 2.24. The Morgan fingerprint density at radius 3 is 2.76 bits per heavy atom. The standard InChI is InChI=1S/C18H17ClFN3O2/c1-22(18(24)25-2)11-17-21-15-8-3-4-9-16(15)23(17)10-12-13(19)6-5-7-14(12)20/h3-9H,10-11H2,1-2H3. The van der Waals surface area contributed by atoms with E-state index in [2.05, 4.69) is 4.98 Å². The predicted molar refractivity (Wildman–Crippen MR) is 94.1 cm³/mol. The molecule has 0 aliphatic rings. The van der Waals surface area contributed by atoms with Crippen molar-refractivity contribution in [1.82, 2.24) is 14.5 Å². The van der Waals surface area contributed by atoms with Gasteiger partial charge in [-0.05, 0) is 24.3 Å². The number of benzene rings is 2. The van der Waals surface area contributed by atoms with Crippen LogP contribution in [0.5, 0.6) is 0 Å². The molecule has 0 atom stereocenters. The van der Waals surface area contributed by atoms with Crippen LogP contribution in [0.3, 0.4) is 0 Å². The lowest BCUT2D eigenvalue weighted by Crippen LogP contribution is -2.27. The largest absolute Gasteiger partial charge is 0.453 e. The van der Waals surface area contributed by atoms with Gasteiger partial charge in [0, 0.05) is 17.6 Å². The lowest BCUT2D eigenvalue weighted by atomic mass is 10.2. The molecule has 0 radical (unpaired) electrons. The van der Waals surface area contributed by atoms with Gasteiger partial charge in [0.2, 0.25) is 0 Å². The average molecular weight is 362 g/mol. The van der Waals surface area contributed by atoms with Gasteiger partial charge in [-0.2, -0.15) is 0 Å². The maximum Gasteiger partial charge on any atom is 0.409 e. The highest BCUT2D eigenvalue weighted by atomic mass is 35.5. The van der Waals surface area contributed by atoms with Crippen LogP contribution in [0.1, 0.15) is 11.4 Å². The van der Waals surface area contributed by atoms with Gasteiger partial charge < -0.3 is 14.2 Å². The molecule has 3 rings (SSSR count). The Morgan fingerprint density at radius 1 is 1.28 bits per heavy atom.